The number of amides is 3. The first-order chi connectivity index (χ1) is 11.1. The van der Waals surface area contributed by atoms with Crippen molar-refractivity contribution in [3.05, 3.63) is 35.2 Å². The predicted molar refractivity (Wildman–Crippen MR) is 84.3 cm³/mol. The number of carbonyl (C=O) groups is 3. The summed E-state index contributed by atoms with van der Waals surface area (Å²) in [7, 11) is 0. The fraction of sp³-hybridized carbons (Fsp3) is 0.312. The monoisotopic (exact) mass is 330 g/mol. The number of likely N-dealkylation sites (tertiary alicyclic amines) is 1. The molecule has 2 aliphatic rings. The van der Waals surface area contributed by atoms with Gasteiger partial charge >= 0.3 is 6.09 Å². The van der Waals surface area contributed by atoms with Gasteiger partial charge in [-0.1, -0.05) is 18.2 Å². The predicted octanol–water partition coefficient (Wildman–Crippen LogP) is 1.95. The topological polar surface area (TPSA) is 66.9 Å². The van der Waals surface area contributed by atoms with Crippen molar-refractivity contribution >= 4 is 39.3 Å². The average molecular weight is 330 g/mol. The summed E-state index contributed by atoms with van der Waals surface area (Å²) in [6.07, 6.45) is -0.579. The zero-order valence-corrected chi connectivity index (χ0v) is 13.0. The maximum absolute atomic E-state index is 12.5. The highest BCUT2D eigenvalue weighted by molar-refractivity contribution is 7.20. The van der Waals surface area contributed by atoms with Crippen LogP contribution < -0.4 is 0 Å². The van der Waals surface area contributed by atoms with Gasteiger partial charge in [-0.25, -0.2) is 9.69 Å². The molecule has 0 saturated carbocycles. The number of hydrogen-bond acceptors (Lipinski definition) is 5. The van der Waals surface area contributed by atoms with Crippen LogP contribution in [-0.2, 0) is 9.53 Å². The van der Waals surface area contributed by atoms with Crippen LogP contribution in [0.1, 0.15) is 9.67 Å². The van der Waals surface area contributed by atoms with Crippen molar-refractivity contribution in [3.63, 3.8) is 0 Å². The molecule has 0 radical (unpaired) electrons. The maximum Gasteiger partial charge on any atom is 0.417 e. The Balaban J connectivity index is 1.38. The Bertz CT molecular complexity index is 760. The molecule has 0 aliphatic carbocycles. The van der Waals surface area contributed by atoms with Crippen LogP contribution in [0.3, 0.4) is 0 Å². The Morgan fingerprint density at radius 1 is 1.26 bits per heavy atom. The third kappa shape index (κ3) is 2.46. The van der Waals surface area contributed by atoms with Gasteiger partial charge in [0.2, 0.25) is 0 Å². The standard InChI is InChI=1S/C16H14N2O4S/c19-14-9-22-16(21)18(14)8-10-6-17(7-10)15(20)13-5-11-3-1-2-4-12(11)23-13/h1-5,10H,6-9H2. The zero-order chi connectivity index (χ0) is 16.0. The van der Waals surface area contributed by atoms with Crippen LogP contribution in [0.15, 0.2) is 30.3 Å². The minimum Gasteiger partial charge on any atom is -0.439 e. The molecule has 23 heavy (non-hydrogen) atoms. The van der Waals surface area contributed by atoms with Crippen LogP contribution in [0.25, 0.3) is 10.1 Å². The highest BCUT2D eigenvalue weighted by Crippen LogP contribution is 2.29. The van der Waals surface area contributed by atoms with Crippen molar-refractivity contribution in [2.75, 3.05) is 26.2 Å². The van der Waals surface area contributed by atoms with Gasteiger partial charge in [0.1, 0.15) is 0 Å². The van der Waals surface area contributed by atoms with E-state index in [9.17, 15) is 14.4 Å². The molecule has 1 aromatic heterocycles. The van der Waals surface area contributed by atoms with Crippen LogP contribution in [0.4, 0.5) is 4.79 Å². The Morgan fingerprint density at radius 3 is 2.74 bits per heavy atom. The number of ether oxygens (including phenoxy) is 1. The van der Waals surface area contributed by atoms with Crippen molar-refractivity contribution < 1.29 is 19.1 Å². The number of thiophene rings is 1. The summed E-state index contributed by atoms with van der Waals surface area (Å²) in [6, 6.07) is 9.82. The number of hydrogen-bond donors (Lipinski definition) is 0. The lowest BCUT2D eigenvalue weighted by atomic mass is 9.99. The summed E-state index contributed by atoms with van der Waals surface area (Å²) in [5.74, 6) is -0.162. The van der Waals surface area contributed by atoms with Gasteiger partial charge in [0.15, 0.2) is 6.61 Å². The van der Waals surface area contributed by atoms with Crippen molar-refractivity contribution in [1.29, 1.82) is 0 Å². The van der Waals surface area contributed by atoms with Crippen LogP contribution in [0.5, 0.6) is 0 Å². The van der Waals surface area contributed by atoms with E-state index in [-0.39, 0.29) is 24.3 Å². The molecule has 1 aromatic carbocycles. The minimum atomic E-state index is -0.579. The average Bonchev–Trinajstić information content (AvgIpc) is 3.07. The highest BCUT2D eigenvalue weighted by atomic mass is 32.1. The molecule has 3 amide bonds. The zero-order valence-electron chi connectivity index (χ0n) is 12.2. The minimum absolute atomic E-state index is 0.0118. The Morgan fingerprint density at radius 2 is 2.04 bits per heavy atom. The molecule has 2 saturated heterocycles. The Kier molecular flexibility index (Phi) is 3.30. The van der Waals surface area contributed by atoms with Crippen molar-refractivity contribution in [1.82, 2.24) is 9.80 Å². The lowest BCUT2D eigenvalue weighted by molar-refractivity contribution is -0.126. The first-order valence-corrected chi connectivity index (χ1v) is 8.18. The molecular weight excluding hydrogens is 316 g/mol. The van der Waals surface area contributed by atoms with E-state index in [1.807, 2.05) is 30.3 Å². The largest absolute Gasteiger partial charge is 0.439 e. The lowest BCUT2D eigenvalue weighted by Gasteiger charge is -2.39. The second-order valence-corrected chi connectivity index (χ2v) is 6.87. The van der Waals surface area contributed by atoms with Gasteiger partial charge in [-0.15, -0.1) is 11.3 Å². The summed E-state index contributed by atoms with van der Waals surface area (Å²) in [5.41, 5.74) is 0. The molecule has 2 fully saturated rings. The van der Waals surface area contributed by atoms with Gasteiger partial charge in [-0.3, -0.25) is 9.59 Å². The summed E-state index contributed by atoms with van der Waals surface area (Å²) in [6.45, 7) is 1.28. The highest BCUT2D eigenvalue weighted by Gasteiger charge is 2.38. The van der Waals surface area contributed by atoms with E-state index in [4.69, 9.17) is 0 Å². The first-order valence-electron chi connectivity index (χ1n) is 7.37. The lowest BCUT2D eigenvalue weighted by Crippen LogP contribution is -2.54. The molecule has 0 atom stereocenters. The second kappa shape index (κ2) is 5.34. The quantitative estimate of drug-likeness (QED) is 0.863. The molecule has 0 unspecified atom stereocenters. The van der Waals surface area contributed by atoms with E-state index >= 15 is 0 Å². The molecule has 3 heterocycles. The number of benzene rings is 1. The summed E-state index contributed by atoms with van der Waals surface area (Å²) < 4.78 is 5.78. The second-order valence-electron chi connectivity index (χ2n) is 5.78. The van der Waals surface area contributed by atoms with Crippen LogP contribution in [0.2, 0.25) is 0 Å². The van der Waals surface area contributed by atoms with Crippen molar-refractivity contribution in [2.24, 2.45) is 5.92 Å². The number of rotatable bonds is 3. The molecule has 4 rings (SSSR count). The van der Waals surface area contributed by atoms with Gasteiger partial charge in [-0.2, -0.15) is 0 Å². The molecule has 0 bridgehead atoms. The fourth-order valence-electron chi connectivity index (χ4n) is 2.91. The third-order valence-electron chi connectivity index (χ3n) is 4.16. The number of cyclic esters (lactones) is 1. The van der Waals surface area contributed by atoms with E-state index in [1.54, 1.807) is 4.90 Å². The molecule has 2 aliphatic heterocycles. The maximum atomic E-state index is 12.5. The molecule has 2 aromatic rings. The number of fused-ring (bicyclic) bond motifs is 1. The van der Waals surface area contributed by atoms with Gasteiger partial charge in [-0.05, 0) is 17.5 Å². The molecule has 6 nitrogen and oxygen atoms in total. The third-order valence-corrected chi connectivity index (χ3v) is 5.27. The van der Waals surface area contributed by atoms with Gasteiger partial charge in [0.25, 0.3) is 11.8 Å². The van der Waals surface area contributed by atoms with Gasteiger partial charge in [0, 0.05) is 30.3 Å². The van der Waals surface area contributed by atoms with E-state index in [0.29, 0.717) is 19.6 Å². The molecule has 0 spiro atoms. The number of carbonyl (C=O) groups excluding carboxylic acids is 3. The van der Waals surface area contributed by atoms with Crippen LogP contribution in [0, 0.1) is 5.92 Å². The normalized spacial score (nSPS) is 18.4. The van der Waals surface area contributed by atoms with Crippen molar-refractivity contribution in [2.45, 2.75) is 0 Å². The molecular formula is C16H14N2O4S. The smallest absolute Gasteiger partial charge is 0.417 e. The molecule has 0 N–H and O–H groups in total. The van der Waals surface area contributed by atoms with E-state index in [1.165, 1.54) is 11.3 Å². The van der Waals surface area contributed by atoms with Crippen LogP contribution >= 0.6 is 11.3 Å². The molecule has 7 heteroatoms. The first kappa shape index (κ1) is 14.2. The fourth-order valence-corrected chi connectivity index (χ4v) is 3.94. The summed E-state index contributed by atoms with van der Waals surface area (Å²) in [4.78, 5) is 39.0. The van der Waals surface area contributed by atoms with Gasteiger partial charge < -0.3 is 9.64 Å². The van der Waals surface area contributed by atoms with Gasteiger partial charge in [0.05, 0.1) is 4.88 Å². The SMILES string of the molecule is O=C(c1cc2ccccc2s1)N1CC(CN2C(=O)COC2=O)C1. The number of imide groups is 1. The summed E-state index contributed by atoms with van der Waals surface area (Å²) >= 11 is 1.49. The van der Waals surface area contributed by atoms with E-state index in [0.717, 1.165) is 19.9 Å². The van der Waals surface area contributed by atoms with Crippen LogP contribution in [-0.4, -0.2) is 53.9 Å². The van der Waals surface area contributed by atoms with E-state index in [2.05, 4.69) is 4.74 Å². The summed E-state index contributed by atoms with van der Waals surface area (Å²) in [5, 5.41) is 1.07. The van der Waals surface area contributed by atoms with E-state index < -0.39 is 6.09 Å². The molecule has 118 valence electrons. The van der Waals surface area contributed by atoms with Crippen molar-refractivity contribution in [3.8, 4) is 0 Å². The number of nitrogens with zero attached hydrogens (tertiary/aromatic N) is 2. The Hall–Kier alpha value is -2.41. The Labute approximate surface area is 136 Å².